The number of halogens is 2. The number of thioether (sulfide) groups is 1. The van der Waals surface area contributed by atoms with Crippen LogP contribution in [0.15, 0.2) is 42.5 Å². The molecule has 2 fully saturated rings. The number of nitrogens with zero attached hydrogens (tertiary/aromatic N) is 2. The first-order chi connectivity index (χ1) is 14.0. The lowest BCUT2D eigenvalue weighted by atomic mass is 9.84. The Bertz CT molecular complexity index is 1010. The summed E-state index contributed by atoms with van der Waals surface area (Å²) in [5.41, 5.74) is 1.70. The van der Waals surface area contributed by atoms with Crippen LogP contribution in [0, 0.1) is 17.6 Å². The van der Waals surface area contributed by atoms with Crippen LogP contribution < -0.4 is 4.90 Å². The smallest absolute Gasteiger partial charge is 0.268 e. The van der Waals surface area contributed by atoms with E-state index in [0.29, 0.717) is 18.0 Å². The summed E-state index contributed by atoms with van der Waals surface area (Å²) in [6, 6.07) is 10.8. The molecule has 1 spiro atoms. The van der Waals surface area contributed by atoms with Crippen molar-refractivity contribution in [2.24, 2.45) is 5.92 Å². The van der Waals surface area contributed by atoms with Gasteiger partial charge in [0.1, 0.15) is 11.6 Å². The van der Waals surface area contributed by atoms with Gasteiger partial charge in [-0.15, -0.1) is 11.8 Å². The SMILES string of the molecule is O=C(C1CCC1)N1CCSC12C(=O)N(Cc1ccc(F)cc1F)c1ccccc12. The Balaban J connectivity index is 1.56. The second kappa shape index (κ2) is 6.83. The zero-order valence-corrected chi connectivity index (χ0v) is 16.6. The molecule has 1 aliphatic carbocycles. The van der Waals surface area contributed by atoms with Gasteiger partial charge in [-0.2, -0.15) is 0 Å². The molecule has 5 rings (SSSR count). The minimum Gasteiger partial charge on any atom is -0.315 e. The topological polar surface area (TPSA) is 40.6 Å². The van der Waals surface area contributed by atoms with Gasteiger partial charge >= 0.3 is 0 Å². The lowest BCUT2D eigenvalue weighted by Crippen LogP contribution is -2.52. The summed E-state index contributed by atoms with van der Waals surface area (Å²) < 4.78 is 27.6. The van der Waals surface area contributed by atoms with Crippen LogP contribution in [-0.4, -0.2) is 29.0 Å². The molecule has 1 saturated carbocycles. The highest BCUT2D eigenvalue weighted by Gasteiger charge is 2.60. The van der Waals surface area contributed by atoms with E-state index < -0.39 is 16.5 Å². The van der Waals surface area contributed by atoms with Gasteiger partial charge in [0, 0.05) is 35.4 Å². The van der Waals surface area contributed by atoms with Gasteiger partial charge in [0.2, 0.25) is 5.91 Å². The summed E-state index contributed by atoms with van der Waals surface area (Å²) in [7, 11) is 0. The summed E-state index contributed by atoms with van der Waals surface area (Å²) >= 11 is 1.47. The third-order valence-corrected chi connectivity index (χ3v) is 7.58. The van der Waals surface area contributed by atoms with Gasteiger partial charge in [0.25, 0.3) is 5.91 Å². The maximum absolute atomic E-state index is 14.3. The van der Waals surface area contributed by atoms with E-state index in [9.17, 15) is 18.4 Å². The van der Waals surface area contributed by atoms with Crippen LogP contribution >= 0.6 is 11.8 Å². The largest absolute Gasteiger partial charge is 0.315 e. The van der Waals surface area contributed by atoms with Crippen molar-refractivity contribution in [3.8, 4) is 0 Å². The van der Waals surface area contributed by atoms with Gasteiger partial charge in [-0.1, -0.05) is 30.7 Å². The first-order valence-corrected chi connectivity index (χ1v) is 10.8. The van der Waals surface area contributed by atoms with Crippen LogP contribution in [0.3, 0.4) is 0 Å². The zero-order valence-electron chi connectivity index (χ0n) is 15.7. The third kappa shape index (κ3) is 2.70. The first kappa shape index (κ1) is 18.6. The highest BCUT2D eigenvalue weighted by Crippen LogP contribution is 2.55. The molecule has 3 aliphatic rings. The van der Waals surface area contributed by atoms with Crippen molar-refractivity contribution in [2.75, 3.05) is 17.2 Å². The highest BCUT2D eigenvalue weighted by molar-refractivity contribution is 8.01. The van der Waals surface area contributed by atoms with Crippen molar-refractivity contribution < 1.29 is 18.4 Å². The molecular weight excluding hydrogens is 394 g/mol. The lowest BCUT2D eigenvalue weighted by Gasteiger charge is -2.37. The highest BCUT2D eigenvalue weighted by atomic mass is 32.2. The number of hydrogen-bond acceptors (Lipinski definition) is 3. The Labute approximate surface area is 171 Å². The van der Waals surface area contributed by atoms with Crippen LogP contribution in [0.25, 0.3) is 0 Å². The number of amides is 2. The minimum absolute atomic E-state index is 0.00424. The number of fused-ring (bicyclic) bond motifs is 2. The molecule has 4 nitrogen and oxygen atoms in total. The zero-order chi connectivity index (χ0) is 20.2. The molecule has 2 aromatic rings. The average molecular weight is 414 g/mol. The van der Waals surface area contributed by atoms with Gasteiger partial charge in [-0.05, 0) is 25.0 Å². The summed E-state index contributed by atoms with van der Waals surface area (Å²) in [5.74, 6) is -0.847. The second-order valence-corrected chi connectivity index (χ2v) is 9.04. The van der Waals surface area contributed by atoms with E-state index in [-0.39, 0.29) is 29.8 Å². The van der Waals surface area contributed by atoms with Crippen molar-refractivity contribution in [3.05, 3.63) is 65.2 Å². The van der Waals surface area contributed by atoms with E-state index in [4.69, 9.17) is 0 Å². The molecule has 1 saturated heterocycles. The maximum atomic E-state index is 14.3. The molecule has 29 heavy (non-hydrogen) atoms. The van der Waals surface area contributed by atoms with Gasteiger partial charge in [-0.3, -0.25) is 9.59 Å². The minimum atomic E-state index is -1.08. The van der Waals surface area contributed by atoms with Crippen molar-refractivity contribution in [1.29, 1.82) is 0 Å². The van der Waals surface area contributed by atoms with Crippen molar-refractivity contribution >= 4 is 29.3 Å². The van der Waals surface area contributed by atoms with Crippen LogP contribution in [0.1, 0.15) is 30.4 Å². The van der Waals surface area contributed by atoms with E-state index in [1.165, 1.54) is 28.8 Å². The molecule has 2 aromatic carbocycles. The van der Waals surface area contributed by atoms with Crippen LogP contribution in [-0.2, 0) is 21.0 Å². The second-order valence-electron chi connectivity index (χ2n) is 7.75. The lowest BCUT2D eigenvalue weighted by molar-refractivity contribution is -0.145. The molecule has 0 aromatic heterocycles. The molecule has 0 N–H and O–H groups in total. The standard InChI is InChI=1S/C22H20F2N2O2S/c23-16-9-8-15(18(24)12-16)13-25-19-7-2-1-6-17(19)22(21(25)28)26(10-11-29-22)20(27)14-4-3-5-14/h1-2,6-9,12,14H,3-5,10-11,13H2. The number of para-hydroxylation sites is 1. The Morgan fingerprint density at radius 1 is 1.17 bits per heavy atom. The van der Waals surface area contributed by atoms with E-state index >= 15 is 0 Å². The Hall–Kier alpha value is -2.41. The summed E-state index contributed by atoms with van der Waals surface area (Å²) in [5, 5.41) is 0. The predicted molar refractivity (Wildman–Crippen MR) is 107 cm³/mol. The molecule has 0 bridgehead atoms. The molecule has 1 atom stereocenters. The monoisotopic (exact) mass is 414 g/mol. The fourth-order valence-corrected chi connectivity index (χ4v) is 5.91. The summed E-state index contributed by atoms with van der Waals surface area (Å²) in [6.07, 6.45) is 2.79. The number of hydrogen-bond donors (Lipinski definition) is 0. The number of rotatable bonds is 3. The van der Waals surface area contributed by atoms with Crippen molar-refractivity contribution in [1.82, 2.24) is 4.90 Å². The predicted octanol–water partition coefficient (Wildman–Crippen LogP) is 4.04. The Kier molecular flexibility index (Phi) is 4.38. The molecule has 1 unspecified atom stereocenters. The third-order valence-electron chi connectivity index (χ3n) is 6.16. The van der Waals surface area contributed by atoms with Gasteiger partial charge in [0.05, 0.1) is 12.2 Å². The Morgan fingerprint density at radius 2 is 1.97 bits per heavy atom. The molecule has 2 amide bonds. The van der Waals surface area contributed by atoms with E-state index in [1.54, 1.807) is 4.90 Å². The number of carbonyl (C=O) groups is 2. The molecule has 150 valence electrons. The van der Waals surface area contributed by atoms with Crippen molar-refractivity contribution in [2.45, 2.75) is 30.7 Å². The molecule has 7 heteroatoms. The summed E-state index contributed by atoms with van der Waals surface area (Å²) in [6.45, 7) is 0.522. The average Bonchev–Trinajstić information content (AvgIpc) is 3.20. The van der Waals surface area contributed by atoms with Gasteiger partial charge in [-0.25, -0.2) is 8.78 Å². The Morgan fingerprint density at radius 3 is 2.69 bits per heavy atom. The maximum Gasteiger partial charge on any atom is 0.268 e. The quantitative estimate of drug-likeness (QED) is 0.761. The fourth-order valence-electron chi connectivity index (χ4n) is 4.44. The van der Waals surface area contributed by atoms with Crippen LogP contribution in [0.5, 0.6) is 0 Å². The van der Waals surface area contributed by atoms with Crippen LogP contribution in [0.4, 0.5) is 14.5 Å². The fraction of sp³-hybridized carbons (Fsp3) is 0.364. The molecule has 0 radical (unpaired) electrons. The van der Waals surface area contributed by atoms with Crippen LogP contribution in [0.2, 0.25) is 0 Å². The summed E-state index contributed by atoms with van der Waals surface area (Å²) in [4.78, 5) is 29.1. The normalized spacial score (nSPS) is 23.6. The molecular formula is C22H20F2N2O2S. The van der Waals surface area contributed by atoms with Gasteiger partial charge in [0.15, 0.2) is 4.87 Å². The van der Waals surface area contributed by atoms with Gasteiger partial charge < -0.3 is 9.80 Å². The number of anilines is 1. The number of carbonyl (C=O) groups excluding carboxylic acids is 2. The molecule has 2 aliphatic heterocycles. The molecule has 2 heterocycles. The van der Waals surface area contributed by atoms with Crippen molar-refractivity contribution in [3.63, 3.8) is 0 Å². The van der Waals surface area contributed by atoms with E-state index in [0.717, 1.165) is 30.9 Å². The first-order valence-electron chi connectivity index (χ1n) is 9.83. The number of benzene rings is 2. The van der Waals surface area contributed by atoms with E-state index in [1.807, 2.05) is 24.3 Å². The van der Waals surface area contributed by atoms with E-state index in [2.05, 4.69) is 0 Å².